The average Bonchev–Trinajstić information content (AvgIpc) is 2.52. The van der Waals surface area contributed by atoms with Crippen LogP contribution in [-0.4, -0.2) is 5.97 Å². The van der Waals surface area contributed by atoms with Crippen LogP contribution in [0.15, 0.2) is 58.2 Å². The van der Waals surface area contributed by atoms with Gasteiger partial charge in [0.1, 0.15) is 0 Å². The molecule has 0 saturated carbocycles. The summed E-state index contributed by atoms with van der Waals surface area (Å²) in [6.07, 6.45) is 18.1. The molecule has 0 amide bonds. The second kappa shape index (κ2) is 8.51. The molecule has 0 N–H and O–H groups in total. The zero-order chi connectivity index (χ0) is 18.4. The van der Waals surface area contributed by atoms with Crippen molar-refractivity contribution in [3.63, 3.8) is 0 Å². The highest BCUT2D eigenvalue weighted by Gasteiger charge is 2.26. The van der Waals surface area contributed by atoms with E-state index in [1.807, 2.05) is 6.08 Å². The fourth-order valence-corrected chi connectivity index (χ4v) is 3.99. The first kappa shape index (κ1) is 19.5. The van der Waals surface area contributed by atoms with Gasteiger partial charge in [0.15, 0.2) is 0 Å². The number of carboxylic acid groups (broad SMARTS) is 1. The maximum atomic E-state index is 10.6. The minimum atomic E-state index is -1.14. The second-order valence-corrected chi connectivity index (χ2v) is 8.06. The molecule has 0 aromatic carbocycles. The Labute approximate surface area is 152 Å². The Balaban J connectivity index is 2.26. The topological polar surface area (TPSA) is 40.1 Å². The van der Waals surface area contributed by atoms with Crippen LogP contribution in [0.1, 0.15) is 72.6 Å². The molecular formula is C23H31O2-. The molecule has 0 aliphatic heterocycles. The van der Waals surface area contributed by atoms with Gasteiger partial charge in [0.25, 0.3) is 0 Å². The van der Waals surface area contributed by atoms with Crippen LogP contribution in [0.5, 0.6) is 0 Å². The highest BCUT2D eigenvalue weighted by atomic mass is 16.4. The van der Waals surface area contributed by atoms with Gasteiger partial charge in [-0.3, -0.25) is 0 Å². The molecule has 0 fully saturated rings. The number of carboxylic acids is 1. The summed E-state index contributed by atoms with van der Waals surface area (Å²) in [5, 5.41) is 10.6. The zero-order valence-corrected chi connectivity index (χ0v) is 16.2. The number of carbonyl (C=O) groups excluding carboxylic acids is 1. The third-order valence-corrected chi connectivity index (χ3v) is 5.44. The van der Waals surface area contributed by atoms with Crippen LogP contribution in [0.2, 0.25) is 0 Å². The van der Waals surface area contributed by atoms with E-state index in [0.717, 1.165) is 18.9 Å². The van der Waals surface area contributed by atoms with Crippen LogP contribution in [0.25, 0.3) is 0 Å². The molecular weight excluding hydrogens is 308 g/mol. The molecule has 0 saturated heterocycles. The summed E-state index contributed by atoms with van der Waals surface area (Å²) in [7, 11) is 0. The number of hydrogen-bond acceptors (Lipinski definition) is 2. The van der Waals surface area contributed by atoms with Crippen molar-refractivity contribution < 1.29 is 9.90 Å². The van der Waals surface area contributed by atoms with Gasteiger partial charge in [0.05, 0.1) is 5.97 Å². The van der Waals surface area contributed by atoms with Crippen LogP contribution in [0.4, 0.5) is 0 Å². The van der Waals surface area contributed by atoms with E-state index in [1.165, 1.54) is 54.4 Å². The third-order valence-electron chi connectivity index (χ3n) is 5.44. The molecule has 0 aromatic heterocycles. The molecule has 2 heteroatoms. The van der Waals surface area contributed by atoms with Crippen LogP contribution < -0.4 is 5.11 Å². The van der Waals surface area contributed by atoms with Crippen molar-refractivity contribution in [1.82, 2.24) is 0 Å². The number of hydrogen-bond donors (Lipinski definition) is 0. The summed E-state index contributed by atoms with van der Waals surface area (Å²) in [5.41, 5.74) is 6.72. The highest BCUT2D eigenvalue weighted by Crippen LogP contribution is 2.41. The predicted octanol–water partition coefficient (Wildman–Crippen LogP) is 5.19. The molecule has 2 rings (SSSR count). The molecule has 0 unspecified atom stereocenters. The minimum absolute atomic E-state index is 0.262. The van der Waals surface area contributed by atoms with Crippen molar-refractivity contribution in [1.29, 1.82) is 0 Å². The van der Waals surface area contributed by atoms with E-state index in [9.17, 15) is 9.90 Å². The van der Waals surface area contributed by atoms with E-state index in [4.69, 9.17) is 0 Å². The molecule has 0 heterocycles. The lowest BCUT2D eigenvalue weighted by atomic mass is 9.72. The van der Waals surface area contributed by atoms with E-state index in [1.54, 1.807) is 6.92 Å². The average molecular weight is 339 g/mol. The first-order chi connectivity index (χ1) is 11.8. The quantitative estimate of drug-likeness (QED) is 0.510. The van der Waals surface area contributed by atoms with E-state index in [0.29, 0.717) is 5.57 Å². The Morgan fingerprint density at radius 2 is 1.64 bits per heavy atom. The van der Waals surface area contributed by atoms with Crippen molar-refractivity contribution in [3.05, 3.63) is 58.2 Å². The van der Waals surface area contributed by atoms with Gasteiger partial charge in [0, 0.05) is 0 Å². The normalized spacial score (nSPS) is 22.3. The summed E-state index contributed by atoms with van der Waals surface area (Å²) in [5.74, 6) is -1.14. The molecule has 2 aliphatic carbocycles. The van der Waals surface area contributed by atoms with Crippen molar-refractivity contribution in [3.8, 4) is 0 Å². The monoisotopic (exact) mass is 339 g/mol. The summed E-state index contributed by atoms with van der Waals surface area (Å²) in [6, 6.07) is 0. The number of aliphatic carboxylic acids is 1. The molecule has 0 aromatic rings. The van der Waals surface area contributed by atoms with Crippen LogP contribution in [0.3, 0.4) is 0 Å². The van der Waals surface area contributed by atoms with Crippen molar-refractivity contribution in [2.45, 2.75) is 72.6 Å². The molecule has 2 nitrogen and oxygen atoms in total. The van der Waals surface area contributed by atoms with Gasteiger partial charge in [0.2, 0.25) is 0 Å². The Kier molecular flexibility index (Phi) is 6.64. The lowest BCUT2D eigenvalue weighted by molar-refractivity contribution is -0.297. The van der Waals surface area contributed by atoms with Crippen molar-refractivity contribution in [2.75, 3.05) is 0 Å². The first-order valence-corrected chi connectivity index (χ1v) is 9.47. The van der Waals surface area contributed by atoms with Gasteiger partial charge in [-0.15, -0.1) is 0 Å². The Morgan fingerprint density at radius 3 is 2.24 bits per heavy atom. The second-order valence-electron chi connectivity index (χ2n) is 8.06. The van der Waals surface area contributed by atoms with Crippen LogP contribution in [0, 0.1) is 5.41 Å². The van der Waals surface area contributed by atoms with Gasteiger partial charge in [-0.1, -0.05) is 43.7 Å². The third kappa shape index (κ3) is 5.59. The summed E-state index contributed by atoms with van der Waals surface area (Å²) in [4.78, 5) is 10.6. The molecule has 0 spiro atoms. The molecule has 0 bridgehead atoms. The van der Waals surface area contributed by atoms with E-state index in [2.05, 4.69) is 39.0 Å². The van der Waals surface area contributed by atoms with Crippen molar-refractivity contribution >= 4 is 5.97 Å². The van der Waals surface area contributed by atoms with Gasteiger partial charge < -0.3 is 9.90 Å². The number of carbonyl (C=O) groups is 1. The lowest BCUT2D eigenvalue weighted by Crippen LogP contribution is -2.19. The molecule has 0 atom stereocenters. The molecule has 25 heavy (non-hydrogen) atoms. The van der Waals surface area contributed by atoms with Gasteiger partial charge in [-0.25, -0.2) is 0 Å². The molecule has 0 radical (unpaired) electrons. The van der Waals surface area contributed by atoms with Gasteiger partial charge in [-0.05, 0) is 92.6 Å². The van der Waals surface area contributed by atoms with E-state index >= 15 is 0 Å². The van der Waals surface area contributed by atoms with Crippen molar-refractivity contribution in [2.24, 2.45) is 5.41 Å². The van der Waals surface area contributed by atoms with Gasteiger partial charge in [-0.2, -0.15) is 0 Å². The largest absolute Gasteiger partial charge is 0.545 e. The zero-order valence-electron chi connectivity index (χ0n) is 16.2. The SMILES string of the molecule is CC1=C(/C=C/C2=C(/C=C/C(C)=C/C(=O)[O-])CCCC2)C(C)(C)CCC1. The first-order valence-electron chi connectivity index (χ1n) is 9.47. The van der Waals surface area contributed by atoms with E-state index in [-0.39, 0.29) is 5.41 Å². The van der Waals surface area contributed by atoms with Gasteiger partial charge >= 0.3 is 0 Å². The van der Waals surface area contributed by atoms with Crippen LogP contribution >= 0.6 is 0 Å². The highest BCUT2D eigenvalue weighted by molar-refractivity contribution is 5.79. The molecule has 2 aliphatic rings. The minimum Gasteiger partial charge on any atom is -0.545 e. The Hall–Kier alpha value is -1.83. The summed E-state index contributed by atoms with van der Waals surface area (Å²) in [6.45, 7) is 8.76. The van der Waals surface area contributed by atoms with E-state index < -0.39 is 5.97 Å². The maximum absolute atomic E-state index is 10.6. The summed E-state index contributed by atoms with van der Waals surface area (Å²) >= 11 is 0. The summed E-state index contributed by atoms with van der Waals surface area (Å²) < 4.78 is 0. The lowest BCUT2D eigenvalue weighted by Gasteiger charge is -2.33. The Bertz CT molecular complexity index is 666. The number of rotatable bonds is 5. The smallest absolute Gasteiger partial charge is 0.0645 e. The standard InChI is InChI=1S/C23H32O2/c1-17(16-22(24)25)11-12-19-9-5-6-10-20(19)13-14-21-18(2)8-7-15-23(21,3)4/h11-14,16H,5-10,15H2,1-4H3,(H,24,25)/p-1/b12-11+,14-13+,17-16+. The fraction of sp³-hybridized carbons (Fsp3) is 0.522. The Morgan fingerprint density at radius 1 is 1.00 bits per heavy atom. The molecule has 136 valence electrons. The fourth-order valence-electron chi connectivity index (χ4n) is 3.99. The predicted molar refractivity (Wildman–Crippen MR) is 103 cm³/mol. The maximum Gasteiger partial charge on any atom is 0.0645 e. The number of allylic oxidation sites excluding steroid dienone is 9. The van der Waals surface area contributed by atoms with Crippen LogP contribution in [-0.2, 0) is 4.79 Å².